The van der Waals surface area contributed by atoms with Crippen molar-refractivity contribution in [3.05, 3.63) is 11.6 Å². The summed E-state index contributed by atoms with van der Waals surface area (Å²) >= 11 is 0. The molecular formula is C14H27N. The molecular weight excluding hydrogens is 182 g/mol. The Labute approximate surface area is 95.5 Å². The number of nitrogens with zero attached hydrogens (tertiary/aromatic N) is 1. The summed E-state index contributed by atoms with van der Waals surface area (Å²) < 4.78 is 0. The first-order chi connectivity index (χ1) is 6.82. The number of hydrogen-bond acceptors (Lipinski definition) is 1. The van der Waals surface area contributed by atoms with Gasteiger partial charge in [-0.05, 0) is 39.0 Å². The summed E-state index contributed by atoms with van der Waals surface area (Å²) in [5.41, 5.74) is 1.99. The molecule has 1 unspecified atom stereocenters. The number of rotatable bonds is 2. The molecule has 1 atom stereocenters. The van der Waals surface area contributed by atoms with E-state index in [1.807, 2.05) is 0 Å². The van der Waals surface area contributed by atoms with Crippen molar-refractivity contribution >= 4 is 0 Å². The van der Waals surface area contributed by atoms with E-state index in [9.17, 15) is 0 Å². The third kappa shape index (κ3) is 3.34. The summed E-state index contributed by atoms with van der Waals surface area (Å²) in [5.74, 6) is 1.53. The first-order valence-corrected chi connectivity index (χ1v) is 6.26. The predicted molar refractivity (Wildman–Crippen MR) is 68.0 cm³/mol. The Kier molecular flexibility index (Phi) is 3.99. The van der Waals surface area contributed by atoms with Crippen LogP contribution in [0.25, 0.3) is 0 Å². The molecule has 0 N–H and O–H groups in total. The highest BCUT2D eigenvalue weighted by Crippen LogP contribution is 2.27. The van der Waals surface area contributed by atoms with Crippen LogP contribution < -0.4 is 0 Å². The summed E-state index contributed by atoms with van der Waals surface area (Å²) in [4.78, 5) is 2.56. The molecule has 1 heterocycles. The summed E-state index contributed by atoms with van der Waals surface area (Å²) in [6.45, 7) is 16.3. The lowest BCUT2D eigenvalue weighted by molar-refractivity contribution is 0.146. The van der Waals surface area contributed by atoms with Crippen molar-refractivity contribution in [2.24, 2.45) is 11.8 Å². The molecule has 88 valence electrons. The van der Waals surface area contributed by atoms with Crippen molar-refractivity contribution < 1.29 is 0 Å². The van der Waals surface area contributed by atoms with Crippen LogP contribution in [0, 0.1) is 11.8 Å². The average Bonchev–Trinajstić information content (AvgIpc) is 2.15. The van der Waals surface area contributed by atoms with E-state index in [2.05, 4.69) is 52.5 Å². The Morgan fingerprint density at radius 3 is 2.13 bits per heavy atom. The van der Waals surface area contributed by atoms with Crippen LogP contribution in [0.4, 0.5) is 0 Å². The van der Waals surface area contributed by atoms with Gasteiger partial charge in [-0.25, -0.2) is 0 Å². The van der Waals surface area contributed by atoms with Gasteiger partial charge in [0, 0.05) is 18.6 Å². The molecule has 1 rings (SSSR count). The van der Waals surface area contributed by atoms with Crippen LogP contribution in [-0.4, -0.2) is 23.5 Å². The van der Waals surface area contributed by atoms with E-state index in [-0.39, 0.29) is 0 Å². The van der Waals surface area contributed by atoms with E-state index < -0.39 is 0 Å². The summed E-state index contributed by atoms with van der Waals surface area (Å²) in [5, 5.41) is 0. The minimum atomic E-state index is 0.323. The van der Waals surface area contributed by atoms with E-state index >= 15 is 0 Å². The Bertz CT molecular complexity index is 232. The average molecular weight is 209 g/mol. The van der Waals surface area contributed by atoms with Crippen molar-refractivity contribution in [1.82, 2.24) is 4.90 Å². The normalized spacial score (nSPS) is 21.7. The van der Waals surface area contributed by atoms with Gasteiger partial charge >= 0.3 is 0 Å². The van der Waals surface area contributed by atoms with Gasteiger partial charge in [-0.2, -0.15) is 0 Å². The van der Waals surface area contributed by atoms with Crippen LogP contribution >= 0.6 is 0 Å². The lowest BCUT2D eigenvalue weighted by Gasteiger charge is -2.39. The Hall–Kier alpha value is -0.300. The first kappa shape index (κ1) is 12.8. The van der Waals surface area contributed by atoms with Gasteiger partial charge < -0.3 is 0 Å². The second-order valence-electron chi connectivity index (χ2n) is 6.18. The lowest BCUT2D eigenvalue weighted by atomic mass is 9.86. The molecule has 0 aromatic carbocycles. The van der Waals surface area contributed by atoms with E-state index in [4.69, 9.17) is 0 Å². The van der Waals surface area contributed by atoms with E-state index in [1.54, 1.807) is 5.57 Å². The molecule has 0 saturated heterocycles. The van der Waals surface area contributed by atoms with Crippen LogP contribution in [-0.2, 0) is 0 Å². The van der Waals surface area contributed by atoms with E-state index in [1.165, 1.54) is 13.0 Å². The summed E-state index contributed by atoms with van der Waals surface area (Å²) in [6.07, 6.45) is 3.72. The monoisotopic (exact) mass is 209 g/mol. The topological polar surface area (TPSA) is 3.24 Å². The summed E-state index contributed by atoms with van der Waals surface area (Å²) in [7, 11) is 0. The molecule has 1 aliphatic heterocycles. The molecule has 1 nitrogen and oxygen atoms in total. The van der Waals surface area contributed by atoms with Gasteiger partial charge in [0.15, 0.2) is 0 Å². The van der Waals surface area contributed by atoms with Crippen molar-refractivity contribution in [3.8, 4) is 0 Å². The fraction of sp³-hybridized carbons (Fsp3) is 0.857. The molecule has 15 heavy (non-hydrogen) atoms. The Morgan fingerprint density at radius 1 is 1.20 bits per heavy atom. The molecule has 0 saturated carbocycles. The largest absolute Gasteiger partial charge is 0.295 e. The fourth-order valence-corrected chi connectivity index (χ4v) is 2.14. The van der Waals surface area contributed by atoms with Gasteiger partial charge in [0.05, 0.1) is 0 Å². The highest BCUT2D eigenvalue weighted by Gasteiger charge is 2.24. The van der Waals surface area contributed by atoms with Crippen molar-refractivity contribution in [2.45, 2.75) is 53.5 Å². The number of hydrogen-bond donors (Lipinski definition) is 0. The molecule has 0 fully saturated rings. The van der Waals surface area contributed by atoms with Gasteiger partial charge in [0.1, 0.15) is 0 Å². The zero-order chi connectivity index (χ0) is 11.6. The standard InChI is InChI=1S/C14H27N/c1-11(2)12(3)13-7-9-15(10-8-13)14(4,5)6/h7,11-12H,8-10H2,1-6H3. The highest BCUT2D eigenvalue weighted by atomic mass is 15.2. The zero-order valence-electron chi connectivity index (χ0n) is 11.3. The minimum Gasteiger partial charge on any atom is -0.295 e. The Balaban J connectivity index is 2.59. The first-order valence-electron chi connectivity index (χ1n) is 6.26. The molecule has 0 bridgehead atoms. The lowest BCUT2D eigenvalue weighted by Crippen LogP contribution is -2.44. The van der Waals surface area contributed by atoms with E-state index in [0.29, 0.717) is 5.54 Å². The molecule has 0 aromatic heterocycles. The van der Waals surface area contributed by atoms with Gasteiger partial charge in [0.25, 0.3) is 0 Å². The SMILES string of the molecule is CC(C)C(C)C1=CCN(C(C)(C)C)CC1. The molecule has 0 aromatic rings. The second-order valence-corrected chi connectivity index (χ2v) is 6.18. The van der Waals surface area contributed by atoms with Crippen LogP contribution in [0.2, 0.25) is 0 Å². The maximum absolute atomic E-state index is 2.56. The van der Waals surface area contributed by atoms with Gasteiger partial charge in [-0.3, -0.25) is 4.90 Å². The van der Waals surface area contributed by atoms with Gasteiger partial charge in [-0.15, -0.1) is 0 Å². The smallest absolute Gasteiger partial charge is 0.0171 e. The van der Waals surface area contributed by atoms with E-state index in [0.717, 1.165) is 18.4 Å². The van der Waals surface area contributed by atoms with Crippen molar-refractivity contribution in [2.75, 3.05) is 13.1 Å². The van der Waals surface area contributed by atoms with Crippen LogP contribution in [0.3, 0.4) is 0 Å². The highest BCUT2D eigenvalue weighted by molar-refractivity contribution is 5.12. The minimum absolute atomic E-state index is 0.323. The van der Waals surface area contributed by atoms with Crippen LogP contribution in [0.15, 0.2) is 11.6 Å². The van der Waals surface area contributed by atoms with Gasteiger partial charge in [0.2, 0.25) is 0 Å². The van der Waals surface area contributed by atoms with Crippen LogP contribution in [0.1, 0.15) is 48.0 Å². The van der Waals surface area contributed by atoms with Crippen molar-refractivity contribution in [1.29, 1.82) is 0 Å². The fourth-order valence-electron chi connectivity index (χ4n) is 2.14. The maximum atomic E-state index is 2.56. The predicted octanol–water partition coefficient (Wildman–Crippen LogP) is 3.71. The maximum Gasteiger partial charge on any atom is 0.0171 e. The summed E-state index contributed by atoms with van der Waals surface area (Å²) in [6, 6.07) is 0. The molecule has 1 heteroatoms. The quantitative estimate of drug-likeness (QED) is 0.627. The second kappa shape index (κ2) is 4.69. The Morgan fingerprint density at radius 2 is 1.80 bits per heavy atom. The third-order valence-corrected chi connectivity index (χ3v) is 3.78. The molecule has 0 aliphatic carbocycles. The van der Waals surface area contributed by atoms with Crippen molar-refractivity contribution in [3.63, 3.8) is 0 Å². The van der Waals surface area contributed by atoms with Crippen LogP contribution in [0.5, 0.6) is 0 Å². The molecule has 0 spiro atoms. The molecule has 1 aliphatic rings. The third-order valence-electron chi connectivity index (χ3n) is 3.78. The zero-order valence-corrected chi connectivity index (χ0v) is 11.3. The van der Waals surface area contributed by atoms with Gasteiger partial charge in [-0.1, -0.05) is 32.4 Å². The molecule has 0 amide bonds. The molecule has 0 radical (unpaired) electrons.